The summed E-state index contributed by atoms with van der Waals surface area (Å²) in [7, 11) is 0. The van der Waals surface area contributed by atoms with Crippen molar-refractivity contribution in [2.45, 2.75) is 56.8 Å². The second kappa shape index (κ2) is 3.83. The Kier molecular flexibility index (Phi) is 2.64. The molecule has 1 heterocycles. The topological polar surface area (TPSA) is 66.8 Å². The highest BCUT2D eigenvalue weighted by atomic mass is 16.6. The Labute approximate surface area is 113 Å². The fraction of sp³-hybridized carbons (Fsp3) is 0.800. The van der Waals surface area contributed by atoms with Crippen molar-refractivity contribution < 1.29 is 19.7 Å². The maximum Gasteiger partial charge on any atom is 0.334 e. The van der Waals surface area contributed by atoms with Crippen LogP contribution in [0.25, 0.3) is 0 Å². The van der Waals surface area contributed by atoms with Gasteiger partial charge in [-0.3, -0.25) is 0 Å². The third-order valence-corrected chi connectivity index (χ3v) is 5.65. The van der Waals surface area contributed by atoms with Crippen LogP contribution in [-0.2, 0) is 9.53 Å². The summed E-state index contributed by atoms with van der Waals surface area (Å²) in [5.74, 6) is -0.0470. The van der Waals surface area contributed by atoms with Crippen molar-refractivity contribution >= 4 is 5.97 Å². The molecule has 3 aliphatic rings. The first kappa shape index (κ1) is 13.1. The van der Waals surface area contributed by atoms with Gasteiger partial charge in [0.25, 0.3) is 0 Å². The van der Waals surface area contributed by atoms with E-state index in [1.165, 1.54) is 0 Å². The summed E-state index contributed by atoms with van der Waals surface area (Å²) in [6.07, 6.45) is 2.11. The molecule has 6 atom stereocenters. The van der Waals surface area contributed by atoms with Crippen molar-refractivity contribution in [3.63, 3.8) is 0 Å². The normalized spacial score (nSPS) is 53.5. The van der Waals surface area contributed by atoms with E-state index < -0.39 is 23.3 Å². The highest BCUT2D eigenvalue weighted by Crippen LogP contribution is 2.58. The van der Waals surface area contributed by atoms with Crippen LogP contribution >= 0.6 is 0 Å². The zero-order valence-electron chi connectivity index (χ0n) is 11.6. The van der Waals surface area contributed by atoms with Crippen LogP contribution in [0.15, 0.2) is 12.2 Å². The van der Waals surface area contributed by atoms with Crippen molar-refractivity contribution in [3.8, 4) is 0 Å². The van der Waals surface area contributed by atoms with Crippen molar-refractivity contribution in [3.05, 3.63) is 12.2 Å². The Morgan fingerprint density at radius 3 is 2.74 bits per heavy atom. The van der Waals surface area contributed by atoms with Crippen molar-refractivity contribution in [1.29, 1.82) is 0 Å². The van der Waals surface area contributed by atoms with Gasteiger partial charge in [0, 0.05) is 17.4 Å². The molecule has 1 spiro atoms. The molecule has 4 nitrogen and oxygen atoms in total. The van der Waals surface area contributed by atoms with Gasteiger partial charge in [-0.05, 0) is 38.5 Å². The van der Waals surface area contributed by atoms with E-state index in [0.29, 0.717) is 17.9 Å². The Morgan fingerprint density at radius 1 is 1.37 bits per heavy atom. The van der Waals surface area contributed by atoms with Gasteiger partial charge in [0.05, 0.1) is 5.60 Å². The van der Waals surface area contributed by atoms with Gasteiger partial charge in [0.2, 0.25) is 0 Å². The average Bonchev–Trinajstić information content (AvgIpc) is 2.59. The lowest BCUT2D eigenvalue weighted by Gasteiger charge is -2.56. The van der Waals surface area contributed by atoms with Crippen molar-refractivity contribution in [1.82, 2.24) is 0 Å². The number of ether oxygens (including phenoxy) is 1. The molecule has 1 aliphatic heterocycles. The van der Waals surface area contributed by atoms with E-state index in [1.54, 1.807) is 6.92 Å². The molecule has 0 bridgehead atoms. The fourth-order valence-electron chi connectivity index (χ4n) is 4.55. The molecule has 3 rings (SSSR count). The van der Waals surface area contributed by atoms with E-state index in [2.05, 4.69) is 13.5 Å². The number of carbonyl (C=O) groups is 1. The molecular formula is C15H22O4. The summed E-state index contributed by atoms with van der Waals surface area (Å²) in [5.41, 5.74) is -1.68. The molecule has 0 amide bonds. The second-order valence-corrected chi connectivity index (χ2v) is 6.78. The largest absolute Gasteiger partial charge is 0.452 e. The van der Waals surface area contributed by atoms with Crippen LogP contribution in [0.1, 0.15) is 39.5 Å². The summed E-state index contributed by atoms with van der Waals surface area (Å²) in [4.78, 5) is 11.9. The second-order valence-electron chi connectivity index (χ2n) is 6.78. The van der Waals surface area contributed by atoms with Crippen LogP contribution in [0.3, 0.4) is 0 Å². The van der Waals surface area contributed by atoms with Gasteiger partial charge in [-0.15, -0.1) is 0 Å². The zero-order valence-corrected chi connectivity index (χ0v) is 11.6. The SMILES string of the molecule is C=C1C(=O)OC23C(O)C(C)(O)CC[C@H]2[C@H](C)CC[C@@H]13. The van der Waals surface area contributed by atoms with Crippen LogP contribution in [0.4, 0.5) is 0 Å². The van der Waals surface area contributed by atoms with Crippen LogP contribution < -0.4 is 0 Å². The van der Waals surface area contributed by atoms with E-state index in [9.17, 15) is 15.0 Å². The minimum Gasteiger partial charge on any atom is -0.452 e. The number of carbonyl (C=O) groups excluding carboxylic acids is 1. The molecule has 2 aliphatic carbocycles. The van der Waals surface area contributed by atoms with E-state index in [-0.39, 0.29) is 11.8 Å². The molecule has 2 N–H and O–H groups in total. The molecule has 0 aromatic heterocycles. The van der Waals surface area contributed by atoms with Gasteiger partial charge >= 0.3 is 5.97 Å². The van der Waals surface area contributed by atoms with Crippen LogP contribution in [0.2, 0.25) is 0 Å². The maximum absolute atomic E-state index is 11.9. The summed E-state index contributed by atoms with van der Waals surface area (Å²) >= 11 is 0. The van der Waals surface area contributed by atoms with E-state index in [0.717, 1.165) is 19.3 Å². The zero-order chi connectivity index (χ0) is 14.0. The third-order valence-electron chi connectivity index (χ3n) is 5.65. The standard InChI is InChI=1S/C15H22O4/c1-8-4-5-11-9(2)12(16)19-15(11)10(8)6-7-14(3,18)13(15)17/h8,10-11,13,17-18H,2,4-7H2,1,3H3/t8-,10+,11+,13?,14?,15?/m1/s1. The van der Waals surface area contributed by atoms with Gasteiger partial charge < -0.3 is 14.9 Å². The lowest BCUT2D eigenvalue weighted by atomic mass is 9.54. The Morgan fingerprint density at radius 2 is 2.05 bits per heavy atom. The molecule has 3 fully saturated rings. The number of aliphatic hydroxyl groups is 2. The van der Waals surface area contributed by atoms with Crippen LogP contribution in [-0.4, -0.2) is 33.5 Å². The van der Waals surface area contributed by atoms with E-state index >= 15 is 0 Å². The smallest absolute Gasteiger partial charge is 0.334 e. The molecule has 4 heteroatoms. The van der Waals surface area contributed by atoms with E-state index in [4.69, 9.17) is 4.74 Å². The Bertz CT molecular complexity index is 437. The van der Waals surface area contributed by atoms with Crippen LogP contribution in [0, 0.1) is 17.8 Å². The van der Waals surface area contributed by atoms with Gasteiger partial charge in [-0.25, -0.2) is 4.79 Å². The number of rotatable bonds is 0. The predicted molar refractivity (Wildman–Crippen MR) is 69.2 cm³/mol. The van der Waals surface area contributed by atoms with Gasteiger partial charge in [0.15, 0.2) is 5.60 Å². The lowest BCUT2D eigenvalue weighted by molar-refractivity contribution is -0.247. The minimum absolute atomic E-state index is 0.115. The average molecular weight is 266 g/mol. The first-order valence-corrected chi connectivity index (χ1v) is 7.13. The predicted octanol–water partition coefficient (Wildman–Crippen LogP) is 1.41. The first-order chi connectivity index (χ1) is 8.80. The molecule has 106 valence electrons. The Hall–Kier alpha value is -0.870. The molecule has 2 saturated carbocycles. The van der Waals surface area contributed by atoms with Crippen LogP contribution in [0.5, 0.6) is 0 Å². The summed E-state index contributed by atoms with van der Waals surface area (Å²) in [5, 5.41) is 21.1. The molecular weight excluding hydrogens is 244 g/mol. The molecule has 19 heavy (non-hydrogen) atoms. The molecule has 0 radical (unpaired) electrons. The number of hydrogen-bond donors (Lipinski definition) is 2. The third kappa shape index (κ3) is 1.50. The Balaban J connectivity index is 2.11. The first-order valence-electron chi connectivity index (χ1n) is 7.13. The fourth-order valence-corrected chi connectivity index (χ4v) is 4.55. The molecule has 3 unspecified atom stereocenters. The lowest BCUT2D eigenvalue weighted by Crippen LogP contribution is -2.67. The molecule has 0 aromatic rings. The highest BCUT2D eigenvalue weighted by Gasteiger charge is 2.68. The van der Waals surface area contributed by atoms with Gasteiger partial charge in [-0.2, -0.15) is 0 Å². The number of esters is 1. The maximum atomic E-state index is 11.9. The number of hydrogen-bond acceptors (Lipinski definition) is 4. The molecule has 1 saturated heterocycles. The highest BCUT2D eigenvalue weighted by molar-refractivity contribution is 5.91. The van der Waals surface area contributed by atoms with Crippen molar-refractivity contribution in [2.75, 3.05) is 0 Å². The van der Waals surface area contributed by atoms with Gasteiger partial charge in [0.1, 0.15) is 6.10 Å². The van der Waals surface area contributed by atoms with Gasteiger partial charge in [-0.1, -0.05) is 13.5 Å². The number of aliphatic hydroxyl groups excluding tert-OH is 1. The summed E-state index contributed by atoms with van der Waals surface area (Å²) in [6, 6.07) is 0. The quantitative estimate of drug-likeness (QED) is 0.514. The van der Waals surface area contributed by atoms with E-state index in [1.807, 2.05) is 0 Å². The monoisotopic (exact) mass is 266 g/mol. The minimum atomic E-state index is -1.20. The molecule has 0 aromatic carbocycles. The summed E-state index contributed by atoms with van der Waals surface area (Å²) < 4.78 is 5.64. The summed E-state index contributed by atoms with van der Waals surface area (Å²) in [6.45, 7) is 7.62. The van der Waals surface area contributed by atoms with Crippen molar-refractivity contribution in [2.24, 2.45) is 17.8 Å².